The van der Waals surface area contributed by atoms with Crippen molar-refractivity contribution in [3.8, 4) is 11.1 Å². The van der Waals surface area contributed by atoms with Crippen LogP contribution in [0.2, 0.25) is 0 Å². The van der Waals surface area contributed by atoms with Gasteiger partial charge in [-0.2, -0.15) is 0 Å². The van der Waals surface area contributed by atoms with Crippen LogP contribution in [0.15, 0.2) is 36.7 Å². The van der Waals surface area contributed by atoms with Crippen molar-refractivity contribution in [2.24, 2.45) is 11.7 Å². The van der Waals surface area contributed by atoms with Gasteiger partial charge in [-0.3, -0.25) is 15.0 Å². The average Bonchev–Trinajstić information content (AvgIpc) is 2.74. The number of halogens is 1. The van der Waals surface area contributed by atoms with Crippen LogP contribution in [0.3, 0.4) is 0 Å². The van der Waals surface area contributed by atoms with Gasteiger partial charge in [-0.15, -0.1) is 12.4 Å². The predicted molar refractivity (Wildman–Crippen MR) is 111 cm³/mol. The molecule has 0 bridgehead atoms. The first-order chi connectivity index (χ1) is 13.5. The Labute approximate surface area is 175 Å². The van der Waals surface area contributed by atoms with E-state index in [1.165, 1.54) is 7.11 Å². The van der Waals surface area contributed by atoms with Crippen LogP contribution >= 0.6 is 12.4 Å². The van der Waals surface area contributed by atoms with Crippen molar-refractivity contribution < 1.29 is 14.3 Å². The first-order valence-electron chi connectivity index (χ1n) is 9.11. The van der Waals surface area contributed by atoms with Gasteiger partial charge in [0.05, 0.1) is 7.11 Å². The van der Waals surface area contributed by atoms with Crippen molar-refractivity contribution in [1.29, 1.82) is 5.41 Å². The standard InChI is InChI=1S/C20H23N5O3.ClH/c1-28-17(26)10-13-6-8-25(9-7-13)20(27)19-23-11-16(12-24-19)14-2-4-15(5-3-14)18(21)22;/h2-5,11-13H,6-10H2,1H3,(H3,21,22);1H. The lowest BCUT2D eigenvalue weighted by Crippen LogP contribution is -2.39. The van der Waals surface area contributed by atoms with Gasteiger partial charge in [0.2, 0.25) is 5.82 Å². The van der Waals surface area contributed by atoms with E-state index in [0.29, 0.717) is 25.1 Å². The number of nitrogens with one attached hydrogen (secondary N) is 1. The number of carbonyl (C=O) groups excluding carboxylic acids is 2. The molecule has 1 aromatic carbocycles. The second-order valence-corrected chi connectivity index (χ2v) is 6.80. The zero-order valence-corrected chi connectivity index (χ0v) is 16.9. The Kier molecular flexibility index (Phi) is 7.67. The van der Waals surface area contributed by atoms with E-state index in [1.807, 2.05) is 12.1 Å². The molecule has 3 N–H and O–H groups in total. The number of nitrogens with zero attached hydrogens (tertiary/aromatic N) is 3. The van der Waals surface area contributed by atoms with Crippen LogP contribution in [-0.2, 0) is 9.53 Å². The minimum atomic E-state index is -0.208. The van der Waals surface area contributed by atoms with Crippen LogP contribution in [0, 0.1) is 11.3 Å². The molecule has 1 amide bonds. The third-order valence-corrected chi connectivity index (χ3v) is 4.96. The number of nitrogen functional groups attached to an aromatic ring is 1. The average molecular weight is 418 g/mol. The van der Waals surface area contributed by atoms with E-state index in [1.54, 1.807) is 29.4 Å². The summed E-state index contributed by atoms with van der Waals surface area (Å²) in [7, 11) is 1.39. The molecule has 29 heavy (non-hydrogen) atoms. The number of esters is 1. The minimum Gasteiger partial charge on any atom is -0.469 e. The second kappa shape index (κ2) is 9.97. The molecule has 1 aliphatic heterocycles. The molecule has 1 fully saturated rings. The molecular weight excluding hydrogens is 394 g/mol. The predicted octanol–water partition coefficient (Wildman–Crippen LogP) is 2.26. The van der Waals surface area contributed by atoms with Crippen molar-refractivity contribution in [3.63, 3.8) is 0 Å². The number of rotatable bonds is 5. The van der Waals surface area contributed by atoms with Gasteiger partial charge in [-0.1, -0.05) is 24.3 Å². The van der Waals surface area contributed by atoms with E-state index in [0.717, 1.165) is 24.0 Å². The van der Waals surface area contributed by atoms with Crippen LogP contribution in [0.4, 0.5) is 0 Å². The number of amidine groups is 1. The summed E-state index contributed by atoms with van der Waals surface area (Å²) in [6.45, 7) is 1.16. The summed E-state index contributed by atoms with van der Waals surface area (Å²) in [5, 5.41) is 7.43. The maximum Gasteiger partial charge on any atom is 0.305 e. The van der Waals surface area contributed by atoms with Crippen molar-refractivity contribution in [3.05, 3.63) is 48.0 Å². The Morgan fingerprint density at radius 2 is 1.72 bits per heavy atom. The van der Waals surface area contributed by atoms with Crippen molar-refractivity contribution in [2.45, 2.75) is 19.3 Å². The lowest BCUT2D eigenvalue weighted by molar-refractivity contribution is -0.142. The number of carbonyl (C=O) groups is 2. The molecule has 0 unspecified atom stereocenters. The molecule has 0 radical (unpaired) electrons. The van der Waals surface area contributed by atoms with Crippen molar-refractivity contribution >= 4 is 30.1 Å². The number of aromatic nitrogens is 2. The van der Waals surface area contributed by atoms with Gasteiger partial charge in [0.25, 0.3) is 5.91 Å². The van der Waals surface area contributed by atoms with Gasteiger partial charge in [0.15, 0.2) is 0 Å². The zero-order valence-electron chi connectivity index (χ0n) is 16.1. The number of amides is 1. The van der Waals surface area contributed by atoms with E-state index < -0.39 is 0 Å². The van der Waals surface area contributed by atoms with Crippen LogP contribution in [-0.4, -0.2) is 52.8 Å². The first kappa shape index (κ1) is 22.3. The molecule has 0 atom stereocenters. The summed E-state index contributed by atoms with van der Waals surface area (Å²) in [6, 6.07) is 7.19. The number of ether oxygens (including phenoxy) is 1. The van der Waals surface area contributed by atoms with Crippen molar-refractivity contribution in [2.75, 3.05) is 20.2 Å². The van der Waals surface area contributed by atoms with Gasteiger partial charge in [-0.05, 0) is 24.3 Å². The molecule has 0 saturated carbocycles. The largest absolute Gasteiger partial charge is 0.469 e. The quantitative estimate of drug-likeness (QED) is 0.437. The molecule has 2 heterocycles. The van der Waals surface area contributed by atoms with Gasteiger partial charge >= 0.3 is 5.97 Å². The summed E-state index contributed by atoms with van der Waals surface area (Å²) >= 11 is 0. The third-order valence-electron chi connectivity index (χ3n) is 4.96. The molecule has 1 saturated heterocycles. The Bertz CT molecular complexity index is 863. The lowest BCUT2D eigenvalue weighted by Gasteiger charge is -2.31. The summed E-state index contributed by atoms with van der Waals surface area (Å²) in [4.78, 5) is 34.2. The molecule has 1 aliphatic rings. The number of hydrogen-bond acceptors (Lipinski definition) is 6. The summed E-state index contributed by atoms with van der Waals surface area (Å²) in [6.07, 6.45) is 5.16. The fourth-order valence-electron chi connectivity index (χ4n) is 3.23. The highest BCUT2D eigenvalue weighted by molar-refractivity contribution is 5.95. The third kappa shape index (κ3) is 5.51. The molecule has 1 aromatic heterocycles. The molecule has 0 spiro atoms. The van der Waals surface area contributed by atoms with Gasteiger partial charge in [0, 0.05) is 43.0 Å². The molecule has 0 aliphatic carbocycles. The molecule has 3 rings (SSSR count). The Morgan fingerprint density at radius 3 is 2.24 bits per heavy atom. The Morgan fingerprint density at radius 1 is 1.14 bits per heavy atom. The highest BCUT2D eigenvalue weighted by Gasteiger charge is 2.26. The number of benzene rings is 1. The minimum absolute atomic E-state index is 0. The summed E-state index contributed by atoms with van der Waals surface area (Å²) in [5.41, 5.74) is 7.77. The maximum atomic E-state index is 12.6. The van der Waals surface area contributed by atoms with Crippen LogP contribution in [0.25, 0.3) is 11.1 Å². The van der Waals surface area contributed by atoms with Crippen LogP contribution in [0.1, 0.15) is 35.4 Å². The van der Waals surface area contributed by atoms with Gasteiger partial charge in [0.1, 0.15) is 5.84 Å². The normalized spacial score (nSPS) is 14.0. The lowest BCUT2D eigenvalue weighted by atomic mass is 9.93. The highest BCUT2D eigenvalue weighted by atomic mass is 35.5. The Hall–Kier alpha value is -3.00. The number of piperidine rings is 1. The molecule has 8 nitrogen and oxygen atoms in total. The van der Waals surface area contributed by atoms with Gasteiger partial charge in [-0.25, -0.2) is 9.97 Å². The smallest absolute Gasteiger partial charge is 0.305 e. The van der Waals surface area contributed by atoms with E-state index in [2.05, 4.69) is 9.97 Å². The molecular formula is C20H24ClN5O3. The summed E-state index contributed by atoms with van der Waals surface area (Å²) < 4.78 is 4.71. The molecule has 9 heteroatoms. The SMILES string of the molecule is COC(=O)CC1CCN(C(=O)c2ncc(-c3ccc(C(=N)N)cc3)cn2)CC1.Cl. The molecule has 154 valence electrons. The van der Waals surface area contributed by atoms with E-state index >= 15 is 0 Å². The topological polar surface area (TPSA) is 122 Å². The van der Waals surface area contributed by atoms with E-state index in [-0.39, 0.29) is 41.9 Å². The van der Waals surface area contributed by atoms with Crippen LogP contribution in [0.5, 0.6) is 0 Å². The van der Waals surface area contributed by atoms with Gasteiger partial charge < -0.3 is 15.4 Å². The zero-order chi connectivity index (χ0) is 20.1. The fourth-order valence-corrected chi connectivity index (χ4v) is 3.23. The highest BCUT2D eigenvalue weighted by Crippen LogP contribution is 2.22. The number of nitrogens with two attached hydrogens (primary N) is 1. The van der Waals surface area contributed by atoms with Crippen LogP contribution < -0.4 is 5.73 Å². The van der Waals surface area contributed by atoms with E-state index in [4.69, 9.17) is 15.9 Å². The van der Waals surface area contributed by atoms with E-state index in [9.17, 15) is 9.59 Å². The Balaban J connectivity index is 0.00000300. The fraction of sp³-hybridized carbons (Fsp3) is 0.350. The van der Waals surface area contributed by atoms with Crippen molar-refractivity contribution in [1.82, 2.24) is 14.9 Å². The maximum absolute atomic E-state index is 12.6. The number of likely N-dealkylation sites (tertiary alicyclic amines) is 1. The monoisotopic (exact) mass is 417 g/mol. The first-order valence-corrected chi connectivity index (χ1v) is 9.11. The second-order valence-electron chi connectivity index (χ2n) is 6.80. The number of hydrogen-bond donors (Lipinski definition) is 2. The summed E-state index contributed by atoms with van der Waals surface area (Å²) in [5.74, 6) is 0.0161. The number of methoxy groups -OCH3 is 1. The molecule has 2 aromatic rings.